The maximum Gasteiger partial charge on any atom is 0.391 e. The molecular formula is C15H22F3N3OS. The van der Waals surface area contributed by atoms with E-state index in [1.807, 2.05) is 0 Å². The van der Waals surface area contributed by atoms with Gasteiger partial charge in [0.25, 0.3) is 0 Å². The van der Waals surface area contributed by atoms with Crippen LogP contribution >= 0.6 is 11.3 Å². The molecule has 23 heavy (non-hydrogen) atoms. The Labute approximate surface area is 137 Å². The van der Waals surface area contributed by atoms with E-state index in [-0.39, 0.29) is 18.7 Å². The van der Waals surface area contributed by atoms with Crippen molar-refractivity contribution >= 4 is 22.4 Å². The molecule has 0 aliphatic heterocycles. The van der Waals surface area contributed by atoms with Crippen molar-refractivity contribution in [3.8, 4) is 0 Å². The van der Waals surface area contributed by atoms with Crippen LogP contribution in [0.2, 0.25) is 0 Å². The zero-order chi connectivity index (χ0) is 16.9. The SMILES string of the molecule is CCCCCc1nnc(NC(=O)C2CCCC(C(F)(F)F)C2)s1. The minimum absolute atomic E-state index is 0.119. The van der Waals surface area contributed by atoms with E-state index in [4.69, 9.17) is 0 Å². The first-order valence-electron chi connectivity index (χ1n) is 8.10. The van der Waals surface area contributed by atoms with Crippen LogP contribution in [0.1, 0.15) is 56.9 Å². The predicted molar refractivity (Wildman–Crippen MR) is 83.3 cm³/mol. The molecule has 1 aliphatic rings. The Hall–Kier alpha value is -1.18. The van der Waals surface area contributed by atoms with Gasteiger partial charge >= 0.3 is 6.18 Å². The number of anilines is 1. The summed E-state index contributed by atoms with van der Waals surface area (Å²) in [5, 5.41) is 11.8. The highest BCUT2D eigenvalue weighted by Gasteiger charge is 2.43. The molecule has 2 unspecified atom stereocenters. The Balaban J connectivity index is 1.86. The molecular weight excluding hydrogens is 327 g/mol. The van der Waals surface area contributed by atoms with E-state index in [0.717, 1.165) is 30.7 Å². The summed E-state index contributed by atoms with van der Waals surface area (Å²) >= 11 is 1.31. The van der Waals surface area contributed by atoms with Crippen molar-refractivity contribution in [2.45, 2.75) is 64.5 Å². The molecule has 4 nitrogen and oxygen atoms in total. The third-order valence-corrected chi connectivity index (χ3v) is 5.10. The summed E-state index contributed by atoms with van der Waals surface area (Å²) in [5.74, 6) is -2.33. The highest BCUT2D eigenvalue weighted by atomic mass is 32.1. The van der Waals surface area contributed by atoms with Gasteiger partial charge in [-0.05, 0) is 25.7 Å². The second-order valence-corrected chi connectivity index (χ2v) is 7.11. The normalized spacial score (nSPS) is 22.1. The quantitative estimate of drug-likeness (QED) is 0.765. The molecule has 1 aliphatic carbocycles. The molecule has 1 fully saturated rings. The Kier molecular flexibility index (Phi) is 6.38. The number of hydrogen-bond donors (Lipinski definition) is 1. The van der Waals surface area contributed by atoms with Crippen molar-refractivity contribution in [1.82, 2.24) is 10.2 Å². The van der Waals surface area contributed by atoms with Gasteiger partial charge in [-0.1, -0.05) is 37.5 Å². The number of nitrogens with zero attached hydrogens (tertiary/aromatic N) is 2. The number of hydrogen-bond acceptors (Lipinski definition) is 4. The van der Waals surface area contributed by atoms with E-state index in [0.29, 0.717) is 18.0 Å². The molecule has 0 saturated heterocycles. The van der Waals surface area contributed by atoms with E-state index in [2.05, 4.69) is 22.4 Å². The number of alkyl halides is 3. The van der Waals surface area contributed by atoms with Gasteiger partial charge in [0, 0.05) is 12.3 Å². The number of aryl methyl sites for hydroxylation is 1. The van der Waals surface area contributed by atoms with Crippen molar-refractivity contribution in [1.29, 1.82) is 0 Å². The molecule has 0 bridgehead atoms. The fourth-order valence-electron chi connectivity index (χ4n) is 2.86. The highest BCUT2D eigenvalue weighted by molar-refractivity contribution is 7.15. The minimum atomic E-state index is -4.21. The van der Waals surface area contributed by atoms with Crippen LogP contribution in [-0.4, -0.2) is 22.3 Å². The Morgan fingerprint density at radius 2 is 2.09 bits per heavy atom. The number of unbranched alkanes of at least 4 members (excludes halogenated alkanes) is 2. The lowest BCUT2D eigenvalue weighted by molar-refractivity contribution is -0.185. The summed E-state index contributed by atoms with van der Waals surface area (Å²) in [7, 11) is 0. The van der Waals surface area contributed by atoms with Gasteiger partial charge in [-0.3, -0.25) is 4.79 Å². The lowest BCUT2D eigenvalue weighted by atomic mass is 9.80. The Morgan fingerprint density at radius 3 is 2.78 bits per heavy atom. The molecule has 1 aromatic heterocycles. The summed E-state index contributed by atoms with van der Waals surface area (Å²) in [5.41, 5.74) is 0. The maximum atomic E-state index is 12.8. The monoisotopic (exact) mass is 349 g/mol. The van der Waals surface area contributed by atoms with E-state index < -0.39 is 18.0 Å². The summed E-state index contributed by atoms with van der Waals surface area (Å²) in [6.07, 6.45) is 0.781. The third kappa shape index (κ3) is 5.44. The zero-order valence-electron chi connectivity index (χ0n) is 13.2. The molecule has 1 aromatic rings. The first-order chi connectivity index (χ1) is 10.9. The van der Waals surface area contributed by atoms with Crippen LogP contribution in [-0.2, 0) is 11.2 Å². The van der Waals surface area contributed by atoms with Crippen molar-refractivity contribution < 1.29 is 18.0 Å². The topological polar surface area (TPSA) is 54.9 Å². The minimum Gasteiger partial charge on any atom is -0.300 e. The van der Waals surface area contributed by atoms with Crippen LogP contribution < -0.4 is 5.32 Å². The second kappa shape index (κ2) is 8.08. The van der Waals surface area contributed by atoms with Crippen molar-refractivity contribution in [2.24, 2.45) is 11.8 Å². The van der Waals surface area contributed by atoms with Gasteiger partial charge in [0.1, 0.15) is 5.01 Å². The average molecular weight is 349 g/mol. The van der Waals surface area contributed by atoms with Gasteiger partial charge in [0.05, 0.1) is 5.92 Å². The van der Waals surface area contributed by atoms with E-state index in [9.17, 15) is 18.0 Å². The van der Waals surface area contributed by atoms with Gasteiger partial charge in [0.2, 0.25) is 11.0 Å². The van der Waals surface area contributed by atoms with Gasteiger partial charge in [-0.2, -0.15) is 13.2 Å². The van der Waals surface area contributed by atoms with Crippen LogP contribution in [0.25, 0.3) is 0 Å². The number of halogens is 3. The van der Waals surface area contributed by atoms with Crippen LogP contribution in [0.5, 0.6) is 0 Å². The molecule has 2 rings (SSSR count). The van der Waals surface area contributed by atoms with Crippen LogP contribution in [0.3, 0.4) is 0 Å². The lowest BCUT2D eigenvalue weighted by Crippen LogP contribution is -2.34. The molecule has 1 heterocycles. The first kappa shape index (κ1) is 18.2. The largest absolute Gasteiger partial charge is 0.391 e. The van der Waals surface area contributed by atoms with E-state index in [1.165, 1.54) is 11.3 Å². The number of carbonyl (C=O) groups is 1. The maximum absolute atomic E-state index is 12.8. The third-order valence-electron chi connectivity index (χ3n) is 4.20. The average Bonchev–Trinajstić information content (AvgIpc) is 2.94. The Morgan fingerprint density at radius 1 is 1.30 bits per heavy atom. The Bertz CT molecular complexity index is 518. The van der Waals surface area contributed by atoms with E-state index >= 15 is 0 Å². The smallest absolute Gasteiger partial charge is 0.300 e. The standard InChI is InChI=1S/C15H22F3N3OS/c1-2-3-4-8-12-20-21-14(23-12)19-13(22)10-6-5-7-11(9-10)15(16,17)18/h10-11H,2-9H2,1H3,(H,19,21,22). The van der Waals surface area contributed by atoms with Crippen LogP contribution in [0.15, 0.2) is 0 Å². The van der Waals surface area contributed by atoms with Gasteiger partial charge in [0.15, 0.2) is 0 Å². The van der Waals surface area contributed by atoms with E-state index in [1.54, 1.807) is 0 Å². The van der Waals surface area contributed by atoms with Gasteiger partial charge < -0.3 is 5.32 Å². The molecule has 8 heteroatoms. The fraction of sp³-hybridized carbons (Fsp3) is 0.800. The number of nitrogens with one attached hydrogen (secondary N) is 1. The molecule has 0 aromatic carbocycles. The lowest BCUT2D eigenvalue weighted by Gasteiger charge is -2.29. The van der Waals surface area contributed by atoms with Gasteiger partial charge in [-0.15, -0.1) is 10.2 Å². The van der Waals surface area contributed by atoms with Crippen molar-refractivity contribution in [3.63, 3.8) is 0 Å². The molecule has 1 N–H and O–H groups in total. The van der Waals surface area contributed by atoms with Crippen LogP contribution in [0.4, 0.5) is 18.3 Å². The van der Waals surface area contributed by atoms with Crippen LogP contribution in [0, 0.1) is 11.8 Å². The molecule has 0 radical (unpaired) electrons. The number of rotatable bonds is 6. The first-order valence-corrected chi connectivity index (χ1v) is 8.91. The van der Waals surface area contributed by atoms with Gasteiger partial charge in [-0.25, -0.2) is 0 Å². The molecule has 2 atom stereocenters. The number of aromatic nitrogens is 2. The zero-order valence-corrected chi connectivity index (χ0v) is 14.0. The number of amides is 1. The predicted octanol–water partition coefficient (Wildman–Crippen LogP) is 4.58. The highest BCUT2D eigenvalue weighted by Crippen LogP contribution is 2.40. The fourth-order valence-corrected chi connectivity index (χ4v) is 3.65. The summed E-state index contributed by atoms with van der Waals surface area (Å²) in [6, 6.07) is 0. The van der Waals surface area contributed by atoms with Crippen molar-refractivity contribution in [2.75, 3.05) is 5.32 Å². The molecule has 1 saturated carbocycles. The second-order valence-electron chi connectivity index (χ2n) is 6.05. The summed E-state index contributed by atoms with van der Waals surface area (Å²) in [6.45, 7) is 2.12. The van der Waals surface area contributed by atoms with Crippen molar-refractivity contribution in [3.05, 3.63) is 5.01 Å². The molecule has 1 amide bonds. The molecule has 130 valence electrons. The molecule has 0 spiro atoms. The summed E-state index contributed by atoms with van der Waals surface area (Å²) in [4.78, 5) is 12.2. The number of carbonyl (C=O) groups excluding carboxylic acids is 1. The summed E-state index contributed by atoms with van der Waals surface area (Å²) < 4.78 is 38.4.